The highest BCUT2D eigenvalue weighted by atomic mass is 16.5. The van der Waals surface area contributed by atoms with Crippen LogP contribution in [0.3, 0.4) is 0 Å². The molecule has 8 heteroatoms. The van der Waals surface area contributed by atoms with Gasteiger partial charge in [0.1, 0.15) is 12.0 Å². The number of ether oxygens (including phenoxy) is 1. The minimum Gasteiger partial charge on any atom is -0.472 e. The Morgan fingerprint density at radius 2 is 1.89 bits per heavy atom. The quantitative estimate of drug-likeness (QED) is 0.568. The molecule has 0 spiro atoms. The van der Waals surface area contributed by atoms with E-state index in [0.29, 0.717) is 28.7 Å². The summed E-state index contributed by atoms with van der Waals surface area (Å²) in [5.74, 6) is 1.32. The van der Waals surface area contributed by atoms with Crippen molar-refractivity contribution in [2.24, 2.45) is 0 Å². The number of aromatic nitrogens is 4. The minimum absolute atomic E-state index is 0.243. The van der Waals surface area contributed by atoms with E-state index in [1.165, 1.54) is 12.5 Å². The Kier molecular flexibility index (Phi) is 4.59. The van der Waals surface area contributed by atoms with Gasteiger partial charge in [-0.3, -0.25) is 4.79 Å². The Balaban J connectivity index is 1.41. The van der Waals surface area contributed by atoms with E-state index in [-0.39, 0.29) is 5.91 Å². The van der Waals surface area contributed by atoms with Gasteiger partial charge in [-0.2, -0.15) is 5.10 Å². The van der Waals surface area contributed by atoms with Crippen molar-refractivity contribution in [1.29, 1.82) is 0 Å². The maximum absolute atomic E-state index is 12.0. The molecule has 0 fully saturated rings. The van der Waals surface area contributed by atoms with Crippen LogP contribution < -0.4 is 10.1 Å². The van der Waals surface area contributed by atoms with Crippen LogP contribution in [0.4, 0.5) is 5.69 Å². The SMILES string of the molecule is Cc1cc(C)n(-c2ccc(Oc3ccc(NC(=O)c4ccoc4)cc3)nn2)n1. The number of carbonyl (C=O) groups is 1. The Morgan fingerprint density at radius 1 is 1.07 bits per heavy atom. The van der Waals surface area contributed by atoms with Crippen LogP contribution in [0.5, 0.6) is 11.6 Å². The maximum Gasteiger partial charge on any atom is 0.258 e. The van der Waals surface area contributed by atoms with Crippen LogP contribution >= 0.6 is 0 Å². The lowest BCUT2D eigenvalue weighted by Crippen LogP contribution is -2.10. The number of aryl methyl sites for hydroxylation is 2. The van der Waals surface area contributed by atoms with E-state index in [1.807, 2.05) is 19.9 Å². The molecule has 3 heterocycles. The molecule has 0 saturated heterocycles. The zero-order valence-electron chi connectivity index (χ0n) is 15.3. The third kappa shape index (κ3) is 3.75. The summed E-state index contributed by atoms with van der Waals surface area (Å²) in [6, 6.07) is 14.0. The van der Waals surface area contributed by atoms with Gasteiger partial charge in [0.25, 0.3) is 5.91 Å². The van der Waals surface area contributed by atoms with Crippen LogP contribution in [0.2, 0.25) is 0 Å². The van der Waals surface area contributed by atoms with Crippen molar-refractivity contribution in [3.8, 4) is 17.4 Å². The van der Waals surface area contributed by atoms with E-state index in [9.17, 15) is 4.79 Å². The predicted octanol–water partition coefficient (Wildman–Crippen LogP) is 3.92. The summed E-state index contributed by atoms with van der Waals surface area (Å²) in [5.41, 5.74) is 3.00. The Labute approximate surface area is 160 Å². The summed E-state index contributed by atoms with van der Waals surface area (Å²) in [5, 5.41) is 15.4. The van der Waals surface area contributed by atoms with Gasteiger partial charge in [0.2, 0.25) is 5.88 Å². The third-order valence-electron chi connectivity index (χ3n) is 3.97. The highest BCUT2D eigenvalue weighted by Crippen LogP contribution is 2.22. The molecule has 0 aliphatic heterocycles. The van der Waals surface area contributed by atoms with Crippen LogP contribution in [0.1, 0.15) is 21.7 Å². The second-order valence-electron chi connectivity index (χ2n) is 6.16. The van der Waals surface area contributed by atoms with Crippen molar-refractivity contribution in [1.82, 2.24) is 20.0 Å². The molecule has 3 aromatic heterocycles. The molecule has 0 atom stereocenters. The van der Waals surface area contributed by atoms with Gasteiger partial charge in [0, 0.05) is 17.4 Å². The number of furan rings is 1. The smallest absolute Gasteiger partial charge is 0.258 e. The normalized spacial score (nSPS) is 10.6. The summed E-state index contributed by atoms with van der Waals surface area (Å²) in [4.78, 5) is 12.0. The predicted molar refractivity (Wildman–Crippen MR) is 102 cm³/mol. The van der Waals surface area contributed by atoms with Crippen molar-refractivity contribution < 1.29 is 13.9 Å². The molecule has 0 aliphatic rings. The number of hydrogen-bond acceptors (Lipinski definition) is 6. The fraction of sp³-hybridized carbons (Fsp3) is 0.100. The van der Waals surface area contributed by atoms with E-state index in [4.69, 9.17) is 9.15 Å². The number of hydrogen-bond donors (Lipinski definition) is 1. The Hall–Kier alpha value is -3.94. The molecule has 1 aromatic carbocycles. The molecule has 0 bridgehead atoms. The second kappa shape index (κ2) is 7.36. The van der Waals surface area contributed by atoms with Crippen LogP contribution in [0.15, 0.2) is 65.5 Å². The summed E-state index contributed by atoms with van der Waals surface area (Å²) in [6.45, 7) is 3.88. The Morgan fingerprint density at radius 3 is 2.50 bits per heavy atom. The number of anilines is 1. The summed E-state index contributed by atoms with van der Waals surface area (Å²) in [6.07, 6.45) is 2.84. The molecule has 0 radical (unpaired) electrons. The Bertz CT molecular complexity index is 1080. The standard InChI is InChI=1S/C20H17N5O3/c1-13-11-14(2)25(24-13)18-7-8-19(23-22-18)28-17-5-3-16(4-6-17)21-20(26)15-9-10-27-12-15/h3-12H,1-2H3,(H,21,26). The number of benzene rings is 1. The molecule has 140 valence electrons. The van der Waals surface area contributed by atoms with Crippen LogP contribution in [0, 0.1) is 13.8 Å². The summed E-state index contributed by atoms with van der Waals surface area (Å²) < 4.78 is 12.3. The molecule has 0 aliphatic carbocycles. The molecule has 4 aromatic rings. The van der Waals surface area contributed by atoms with Crippen molar-refractivity contribution in [3.63, 3.8) is 0 Å². The molecular weight excluding hydrogens is 358 g/mol. The van der Waals surface area contributed by atoms with Crippen LogP contribution in [0.25, 0.3) is 5.82 Å². The topological polar surface area (TPSA) is 95.1 Å². The van der Waals surface area contributed by atoms with Crippen LogP contribution in [-0.2, 0) is 0 Å². The maximum atomic E-state index is 12.0. The zero-order valence-corrected chi connectivity index (χ0v) is 15.3. The van der Waals surface area contributed by atoms with Gasteiger partial charge in [0.15, 0.2) is 5.82 Å². The molecule has 1 amide bonds. The molecular formula is C20H17N5O3. The molecule has 8 nitrogen and oxygen atoms in total. The van der Waals surface area contributed by atoms with E-state index >= 15 is 0 Å². The lowest BCUT2D eigenvalue weighted by Gasteiger charge is -2.07. The largest absolute Gasteiger partial charge is 0.472 e. The fourth-order valence-electron chi connectivity index (χ4n) is 2.67. The van der Waals surface area contributed by atoms with Crippen LogP contribution in [-0.4, -0.2) is 25.9 Å². The van der Waals surface area contributed by atoms with Gasteiger partial charge in [0.05, 0.1) is 17.5 Å². The molecule has 28 heavy (non-hydrogen) atoms. The number of rotatable bonds is 5. The van der Waals surface area contributed by atoms with Gasteiger partial charge in [-0.25, -0.2) is 4.68 Å². The molecule has 0 saturated carbocycles. The van der Waals surface area contributed by atoms with Crippen molar-refractivity contribution >= 4 is 11.6 Å². The summed E-state index contributed by atoms with van der Waals surface area (Å²) in [7, 11) is 0. The number of carbonyl (C=O) groups excluding carboxylic acids is 1. The van der Waals surface area contributed by atoms with Gasteiger partial charge >= 0.3 is 0 Å². The third-order valence-corrected chi connectivity index (χ3v) is 3.97. The minimum atomic E-state index is -0.243. The lowest BCUT2D eigenvalue weighted by atomic mass is 10.2. The van der Waals surface area contributed by atoms with Crippen molar-refractivity contribution in [3.05, 3.63) is 78.0 Å². The average molecular weight is 375 g/mol. The van der Waals surface area contributed by atoms with E-state index in [0.717, 1.165) is 11.4 Å². The fourth-order valence-corrected chi connectivity index (χ4v) is 2.67. The van der Waals surface area contributed by atoms with Gasteiger partial charge < -0.3 is 14.5 Å². The molecule has 1 N–H and O–H groups in total. The lowest BCUT2D eigenvalue weighted by molar-refractivity contribution is 0.102. The molecule has 0 unspecified atom stereocenters. The van der Waals surface area contributed by atoms with Gasteiger partial charge in [-0.15, -0.1) is 10.2 Å². The van der Waals surface area contributed by atoms with Crippen molar-refractivity contribution in [2.75, 3.05) is 5.32 Å². The van der Waals surface area contributed by atoms with E-state index in [1.54, 1.807) is 47.1 Å². The first-order chi connectivity index (χ1) is 13.6. The second-order valence-corrected chi connectivity index (χ2v) is 6.16. The highest BCUT2D eigenvalue weighted by molar-refractivity contribution is 6.03. The number of nitrogens with zero attached hydrogens (tertiary/aromatic N) is 4. The summed E-state index contributed by atoms with van der Waals surface area (Å²) >= 11 is 0. The first-order valence-electron chi connectivity index (χ1n) is 8.57. The van der Waals surface area contributed by atoms with Gasteiger partial charge in [-0.1, -0.05) is 0 Å². The first kappa shape index (κ1) is 17.5. The van der Waals surface area contributed by atoms with Gasteiger partial charge in [-0.05, 0) is 56.3 Å². The number of nitrogens with one attached hydrogen (secondary N) is 1. The molecule has 4 rings (SSSR count). The highest BCUT2D eigenvalue weighted by Gasteiger charge is 2.09. The first-order valence-corrected chi connectivity index (χ1v) is 8.57. The number of amides is 1. The van der Waals surface area contributed by atoms with E-state index in [2.05, 4.69) is 20.6 Å². The zero-order chi connectivity index (χ0) is 19.5. The average Bonchev–Trinajstić information content (AvgIpc) is 3.34. The monoisotopic (exact) mass is 375 g/mol. The van der Waals surface area contributed by atoms with E-state index < -0.39 is 0 Å². The van der Waals surface area contributed by atoms with Crippen molar-refractivity contribution in [2.45, 2.75) is 13.8 Å².